The van der Waals surface area contributed by atoms with Crippen LogP contribution in [0.5, 0.6) is 11.5 Å². The number of hydrogen-bond donors (Lipinski definition) is 1. The number of anilines is 1. The summed E-state index contributed by atoms with van der Waals surface area (Å²) in [6.07, 6.45) is -9.58. The van der Waals surface area contributed by atoms with E-state index in [0.29, 0.717) is 0 Å². The number of esters is 4. The van der Waals surface area contributed by atoms with Gasteiger partial charge in [0, 0.05) is 50.8 Å². The molecule has 1 heterocycles. The third kappa shape index (κ3) is 11.8. The summed E-state index contributed by atoms with van der Waals surface area (Å²) in [5, 5.41) is 16.8. The van der Waals surface area contributed by atoms with E-state index in [1.165, 1.54) is 30.3 Å². The average Bonchev–Trinajstić information content (AvgIpc) is 3.08. The van der Waals surface area contributed by atoms with E-state index in [-0.39, 0.29) is 47.8 Å². The molecule has 3 rings (SSSR count). The van der Waals surface area contributed by atoms with Crippen molar-refractivity contribution >= 4 is 47.3 Å². The molecule has 278 valence electrons. The number of nitro benzene ring substituents is 1. The molecule has 0 spiro atoms. The lowest BCUT2D eigenvalue weighted by Gasteiger charge is -2.43. The maximum Gasteiger partial charge on any atom is 0.514 e. The second kappa shape index (κ2) is 19.1. The molecule has 0 bridgehead atoms. The topological polar surface area (TPSA) is 280 Å². The summed E-state index contributed by atoms with van der Waals surface area (Å²) < 4.78 is 42.7. The monoisotopic (exact) mass is 731 g/mol. The minimum Gasteiger partial charge on any atom is -0.467 e. The number of azide groups is 1. The Hall–Kier alpha value is -6.47. The first kappa shape index (κ1) is 40.0. The number of non-ortho nitro benzene ring substituents is 1. The number of ether oxygens (including phenoxy) is 8. The molecule has 21 heteroatoms. The lowest BCUT2D eigenvalue weighted by molar-refractivity contribution is -0.384. The number of amides is 1. The molecule has 0 unspecified atom stereocenters. The Labute approximate surface area is 294 Å². The SMILES string of the molecule is COC(=O)[C@H]1O[C@@H](Oc2ccc(COC(=O)Oc3ccc([N+](=O)[O-])cc3)cc2NC(=O)CCCN=[N+]=[N-])[C@H](OC(C)=O)[C@@H](OC(C)=O)[C@@H]1OC(C)=O. The van der Waals surface area contributed by atoms with Crippen LogP contribution in [0.15, 0.2) is 47.6 Å². The maximum absolute atomic E-state index is 12.9. The van der Waals surface area contributed by atoms with Gasteiger partial charge in [-0.1, -0.05) is 11.2 Å². The highest BCUT2D eigenvalue weighted by Crippen LogP contribution is 2.34. The third-order valence-corrected chi connectivity index (χ3v) is 6.73. The largest absolute Gasteiger partial charge is 0.514 e. The van der Waals surface area contributed by atoms with E-state index >= 15 is 0 Å². The second-order valence-electron chi connectivity index (χ2n) is 10.6. The van der Waals surface area contributed by atoms with Crippen molar-refractivity contribution in [3.63, 3.8) is 0 Å². The zero-order chi connectivity index (χ0) is 38.4. The van der Waals surface area contributed by atoms with Gasteiger partial charge in [0.15, 0.2) is 18.3 Å². The fourth-order valence-corrected chi connectivity index (χ4v) is 4.64. The normalized spacial score (nSPS) is 19.0. The lowest BCUT2D eigenvalue weighted by atomic mass is 9.97. The summed E-state index contributed by atoms with van der Waals surface area (Å²) >= 11 is 0. The lowest BCUT2D eigenvalue weighted by Crippen LogP contribution is -2.64. The number of carbonyl (C=O) groups excluding carboxylic acids is 6. The summed E-state index contributed by atoms with van der Waals surface area (Å²) in [5.41, 5.74) is 8.51. The highest BCUT2D eigenvalue weighted by molar-refractivity contribution is 5.92. The fraction of sp³-hybridized carbons (Fsp3) is 0.419. The average molecular weight is 732 g/mol. The number of nitrogens with one attached hydrogen (secondary N) is 1. The van der Waals surface area contributed by atoms with E-state index in [2.05, 4.69) is 15.3 Å². The summed E-state index contributed by atoms with van der Waals surface area (Å²) in [7, 11) is 1.02. The highest BCUT2D eigenvalue weighted by atomic mass is 16.7. The van der Waals surface area contributed by atoms with Crippen molar-refractivity contribution in [1.29, 1.82) is 0 Å². The number of nitrogens with zero attached hydrogens (tertiary/aromatic N) is 4. The highest BCUT2D eigenvalue weighted by Gasteiger charge is 2.56. The number of benzene rings is 2. The molecule has 1 aliphatic rings. The molecule has 2 aromatic rings. The molecule has 0 aliphatic carbocycles. The van der Waals surface area contributed by atoms with Gasteiger partial charge in [-0.25, -0.2) is 9.59 Å². The quantitative estimate of drug-likeness (QED) is 0.0316. The van der Waals surface area contributed by atoms with Gasteiger partial charge < -0.3 is 43.2 Å². The predicted molar refractivity (Wildman–Crippen MR) is 170 cm³/mol. The van der Waals surface area contributed by atoms with Crippen molar-refractivity contribution in [2.24, 2.45) is 5.11 Å². The van der Waals surface area contributed by atoms with E-state index in [9.17, 15) is 38.9 Å². The maximum atomic E-state index is 12.9. The van der Waals surface area contributed by atoms with E-state index in [0.717, 1.165) is 40.0 Å². The summed E-state index contributed by atoms with van der Waals surface area (Å²) in [6.45, 7) is 2.68. The minimum atomic E-state index is -1.76. The van der Waals surface area contributed by atoms with Crippen LogP contribution in [0.25, 0.3) is 10.4 Å². The molecule has 52 heavy (non-hydrogen) atoms. The van der Waals surface area contributed by atoms with E-state index in [1.807, 2.05) is 0 Å². The van der Waals surface area contributed by atoms with Crippen molar-refractivity contribution in [3.05, 3.63) is 68.6 Å². The van der Waals surface area contributed by atoms with E-state index in [1.54, 1.807) is 0 Å². The predicted octanol–water partition coefficient (Wildman–Crippen LogP) is 3.41. The Kier molecular flexibility index (Phi) is 14.7. The van der Waals surface area contributed by atoms with E-state index < -0.39 is 78.2 Å². The summed E-state index contributed by atoms with van der Waals surface area (Å²) in [4.78, 5) is 87.2. The number of nitro groups is 1. The molecular weight excluding hydrogens is 698 g/mol. The van der Waals surface area contributed by atoms with Crippen molar-refractivity contribution < 1.29 is 71.6 Å². The molecular formula is C31H33N5O16. The first-order valence-corrected chi connectivity index (χ1v) is 15.2. The number of carbonyl (C=O) groups is 6. The Bertz CT molecular complexity index is 1710. The second-order valence-corrected chi connectivity index (χ2v) is 10.6. The first-order valence-electron chi connectivity index (χ1n) is 15.2. The Morgan fingerprint density at radius 2 is 1.58 bits per heavy atom. The van der Waals surface area contributed by atoms with Gasteiger partial charge in [-0.15, -0.1) is 0 Å². The molecule has 1 amide bonds. The standard InChI is InChI=1S/C31H33N5O16/c1-16(37)47-25-26(48-17(2)38)28(49-18(3)39)30(52-27(25)29(41)45-4)51-23-12-7-19(14-22(23)34-24(40)6-5-13-33-35-32)15-46-31(42)50-21-10-8-20(9-11-21)36(43)44/h7-12,14,25-28,30H,5-6,13,15H2,1-4H3,(H,34,40)/t25-,26-,27-,28+,30+/m0/s1. The molecule has 1 saturated heterocycles. The molecule has 5 atom stereocenters. The van der Waals surface area contributed by atoms with Crippen LogP contribution < -0.4 is 14.8 Å². The molecule has 2 aromatic carbocycles. The van der Waals surface area contributed by atoms with Gasteiger partial charge in [0.1, 0.15) is 18.1 Å². The smallest absolute Gasteiger partial charge is 0.467 e. The zero-order valence-electron chi connectivity index (χ0n) is 28.1. The van der Waals surface area contributed by atoms with Gasteiger partial charge in [0.2, 0.25) is 18.3 Å². The van der Waals surface area contributed by atoms with Crippen molar-refractivity contribution in [1.82, 2.24) is 0 Å². The Morgan fingerprint density at radius 3 is 2.17 bits per heavy atom. The first-order chi connectivity index (χ1) is 24.7. The van der Waals surface area contributed by atoms with Crippen LogP contribution in [0.2, 0.25) is 0 Å². The van der Waals surface area contributed by atoms with Crippen LogP contribution in [0.1, 0.15) is 39.2 Å². The van der Waals surface area contributed by atoms with Crippen LogP contribution in [0.4, 0.5) is 16.2 Å². The number of rotatable bonds is 15. The van der Waals surface area contributed by atoms with Gasteiger partial charge in [-0.2, -0.15) is 0 Å². The van der Waals surface area contributed by atoms with Gasteiger partial charge in [-0.3, -0.25) is 29.3 Å². The molecule has 0 aromatic heterocycles. The van der Waals surface area contributed by atoms with Gasteiger partial charge >= 0.3 is 30.0 Å². The van der Waals surface area contributed by atoms with Gasteiger partial charge in [0.05, 0.1) is 17.7 Å². The Morgan fingerprint density at radius 1 is 0.942 bits per heavy atom. The fourth-order valence-electron chi connectivity index (χ4n) is 4.64. The van der Waals surface area contributed by atoms with Crippen LogP contribution in [-0.2, 0) is 59.0 Å². The molecule has 1 N–H and O–H groups in total. The van der Waals surface area contributed by atoms with Crippen LogP contribution >= 0.6 is 0 Å². The molecule has 1 fully saturated rings. The molecule has 1 aliphatic heterocycles. The summed E-state index contributed by atoms with van der Waals surface area (Å²) in [5.74, 6) is -4.54. The molecule has 21 nitrogen and oxygen atoms in total. The van der Waals surface area contributed by atoms with Gasteiger partial charge in [0.25, 0.3) is 5.69 Å². The Balaban J connectivity index is 1.94. The van der Waals surface area contributed by atoms with Crippen LogP contribution in [0.3, 0.4) is 0 Å². The molecule has 0 saturated carbocycles. The number of methoxy groups -OCH3 is 1. The molecule has 0 radical (unpaired) electrons. The van der Waals surface area contributed by atoms with Crippen LogP contribution in [-0.4, -0.2) is 85.2 Å². The third-order valence-electron chi connectivity index (χ3n) is 6.73. The van der Waals surface area contributed by atoms with Crippen molar-refractivity contribution in [2.75, 3.05) is 19.0 Å². The van der Waals surface area contributed by atoms with E-state index in [4.69, 9.17) is 43.4 Å². The summed E-state index contributed by atoms with van der Waals surface area (Å²) in [6, 6.07) is 8.69. The minimum absolute atomic E-state index is 0.0218. The van der Waals surface area contributed by atoms with Gasteiger partial charge in [-0.05, 0) is 41.8 Å². The zero-order valence-corrected chi connectivity index (χ0v) is 28.1. The van der Waals surface area contributed by atoms with Crippen molar-refractivity contribution in [3.8, 4) is 11.5 Å². The van der Waals surface area contributed by atoms with Crippen molar-refractivity contribution in [2.45, 2.75) is 70.9 Å². The number of hydrogen-bond acceptors (Lipinski definition) is 17. The van der Waals surface area contributed by atoms with Crippen LogP contribution in [0, 0.1) is 10.1 Å².